The maximum absolute atomic E-state index is 12.6. The highest BCUT2D eigenvalue weighted by Crippen LogP contribution is 2.32. The first-order chi connectivity index (χ1) is 4.54. The van der Waals surface area contributed by atoms with Crippen molar-refractivity contribution in [3.8, 4) is 0 Å². The lowest BCUT2D eigenvalue weighted by atomic mass is 9.90. The van der Waals surface area contributed by atoms with Crippen LogP contribution in [0, 0.1) is 0 Å². The van der Waals surface area contributed by atoms with Gasteiger partial charge in [-0.2, -0.15) is 0 Å². The molecule has 0 amide bonds. The molecule has 4 heteroatoms. The van der Waals surface area contributed by atoms with Crippen LogP contribution in [-0.2, 0) is 0 Å². The lowest BCUT2D eigenvalue weighted by molar-refractivity contribution is -0.0953. The Balaban J connectivity index is 2.60. The molecule has 0 aromatic carbocycles. The van der Waals surface area contributed by atoms with E-state index in [0.29, 0.717) is 12.8 Å². The summed E-state index contributed by atoms with van der Waals surface area (Å²) in [6.07, 6.45) is -0.451. The molecule has 2 nitrogen and oxygen atoms in total. The third-order valence-electron chi connectivity index (χ3n) is 1.91. The molecule has 0 aromatic rings. The summed E-state index contributed by atoms with van der Waals surface area (Å²) in [6.45, 7) is 0. The predicted molar refractivity (Wildman–Crippen MR) is 32.8 cm³/mol. The first kappa shape index (κ1) is 7.88. The molecule has 1 aliphatic rings. The molecule has 1 aliphatic carbocycles. The van der Waals surface area contributed by atoms with Crippen LogP contribution in [0.1, 0.15) is 19.3 Å². The average molecular weight is 151 g/mol. The monoisotopic (exact) mass is 151 g/mol. The fraction of sp³-hybridized carbons (Fsp3) is 1.00. The minimum Gasteiger partial charge on any atom is -0.391 e. The number of nitrogens with two attached hydrogens (primary N) is 1. The standard InChI is InChI=1S/C6H11F2NO/c7-6(8)3-1-2-4(10)5(6)9/h4-5,10H,1-3,9H2. The highest BCUT2D eigenvalue weighted by Gasteiger charge is 2.43. The molecule has 0 aromatic heterocycles. The summed E-state index contributed by atoms with van der Waals surface area (Å²) in [7, 11) is 0. The number of halogens is 2. The van der Waals surface area contributed by atoms with Gasteiger partial charge in [0.1, 0.15) is 0 Å². The van der Waals surface area contributed by atoms with Crippen LogP contribution >= 0.6 is 0 Å². The fourth-order valence-electron chi connectivity index (χ4n) is 1.17. The second kappa shape index (κ2) is 2.43. The molecule has 1 saturated carbocycles. The van der Waals surface area contributed by atoms with Crippen molar-refractivity contribution >= 4 is 0 Å². The van der Waals surface area contributed by atoms with Gasteiger partial charge < -0.3 is 10.8 Å². The smallest absolute Gasteiger partial charge is 0.265 e. The Morgan fingerprint density at radius 3 is 2.50 bits per heavy atom. The zero-order chi connectivity index (χ0) is 7.78. The van der Waals surface area contributed by atoms with Crippen LogP contribution in [0.5, 0.6) is 0 Å². The first-order valence-electron chi connectivity index (χ1n) is 3.35. The van der Waals surface area contributed by atoms with Crippen LogP contribution in [0.4, 0.5) is 8.78 Å². The van der Waals surface area contributed by atoms with Crippen LogP contribution in [0.3, 0.4) is 0 Å². The molecule has 0 saturated heterocycles. The first-order valence-corrected chi connectivity index (χ1v) is 3.35. The molecule has 0 spiro atoms. The Labute approximate surface area is 58.0 Å². The molecule has 1 rings (SSSR count). The number of hydrogen-bond donors (Lipinski definition) is 2. The van der Waals surface area contributed by atoms with Crippen LogP contribution in [0.15, 0.2) is 0 Å². The zero-order valence-corrected chi connectivity index (χ0v) is 5.56. The Kier molecular flexibility index (Phi) is 1.92. The highest BCUT2D eigenvalue weighted by atomic mass is 19.3. The summed E-state index contributed by atoms with van der Waals surface area (Å²) in [5.41, 5.74) is 5.06. The summed E-state index contributed by atoms with van der Waals surface area (Å²) in [4.78, 5) is 0. The van der Waals surface area contributed by atoms with E-state index in [1.54, 1.807) is 0 Å². The molecule has 0 heterocycles. The lowest BCUT2D eigenvalue weighted by Gasteiger charge is -2.32. The quantitative estimate of drug-likeness (QED) is 0.529. The van der Waals surface area contributed by atoms with Crippen LogP contribution in [0.25, 0.3) is 0 Å². The molecule has 3 N–H and O–H groups in total. The van der Waals surface area contributed by atoms with E-state index in [1.165, 1.54) is 0 Å². The van der Waals surface area contributed by atoms with E-state index in [9.17, 15) is 8.78 Å². The molecular formula is C6H11F2NO. The van der Waals surface area contributed by atoms with Crippen LogP contribution < -0.4 is 5.73 Å². The molecule has 1 fully saturated rings. The number of alkyl halides is 2. The van der Waals surface area contributed by atoms with Gasteiger partial charge in [-0.25, -0.2) is 8.78 Å². The van der Waals surface area contributed by atoms with E-state index in [-0.39, 0.29) is 6.42 Å². The third kappa shape index (κ3) is 1.27. The van der Waals surface area contributed by atoms with Crippen molar-refractivity contribution in [1.29, 1.82) is 0 Å². The number of hydrogen-bond acceptors (Lipinski definition) is 2. The summed E-state index contributed by atoms with van der Waals surface area (Å²) >= 11 is 0. The Hall–Kier alpha value is -0.220. The summed E-state index contributed by atoms with van der Waals surface area (Å²) in [5, 5.41) is 8.91. The Morgan fingerprint density at radius 1 is 1.50 bits per heavy atom. The van der Waals surface area contributed by atoms with Gasteiger partial charge in [0.05, 0.1) is 12.1 Å². The average Bonchev–Trinajstić information content (AvgIpc) is 1.83. The van der Waals surface area contributed by atoms with Crippen molar-refractivity contribution in [1.82, 2.24) is 0 Å². The van der Waals surface area contributed by atoms with E-state index in [2.05, 4.69) is 0 Å². The largest absolute Gasteiger partial charge is 0.391 e. The molecular weight excluding hydrogens is 140 g/mol. The highest BCUT2D eigenvalue weighted by molar-refractivity contribution is 4.90. The number of aliphatic hydroxyl groups excluding tert-OH is 1. The van der Waals surface area contributed by atoms with Gasteiger partial charge in [0.25, 0.3) is 5.92 Å². The van der Waals surface area contributed by atoms with Crippen LogP contribution in [-0.4, -0.2) is 23.2 Å². The normalized spacial score (nSPS) is 39.6. The minimum atomic E-state index is -2.86. The van der Waals surface area contributed by atoms with Crippen molar-refractivity contribution in [2.24, 2.45) is 5.73 Å². The number of rotatable bonds is 0. The zero-order valence-electron chi connectivity index (χ0n) is 5.56. The second-order valence-electron chi connectivity index (χ2n) is 2.75. The lowest BCUT2D eigenvalue weighted by Crippen LogP contribution is -2.52. The topological polar surface area (TPSA) is 46.2 Å². The molecule has 2 unspecified atom stereocenters. The molecule has 0 radical (unpaired) electrons. The molecule has 0 bridgehead atoms. The summed E-state index contributed by atoms with van der Waals surface area (Å²) < 4.78 is 25.1. The van der Waals surface area contributed by atoms with E-state index in [4.69, 9.17) is 10.8 Å². The summed E-state index contributed by atoms with van der Waals surface area (Å²) in [5.74, 6) is -2.86. The molecule has 0 aliphatic heterocycles. The van der Waals surface area contributed by atoms with Gasteiger partial charge in [0.15, 0.2) is 0 Å². The van der Waals surface area contributed by atoms with Gasteiger partial charge in [-0.3, -0.25) is 0 Å². The van der Waals surface area contributed by atoms with Gasteiger partial charge in [-0.1, -0.05) is 0 Å². The van der Waals surface area contributed by atoms with E-state index >= 15 is 0 Å². The van der Waals surface area contributed by atoms with Gasteiger partial charge in [0, 0.05) is 6.42 Å². The van der Waals surface area contributed by atoms with Gasteiger partial charge >= 0.3 is 0 Å². The van der Waals surface area contributed by atoms with Crippen molar-refractivity contribution in [3.05, 3.63) is 0 Å². The molecule has 10 heavy (non-hydrogen) atoms. The third-order valence-corrected chi connectivity index (χ3v) is 1.91. The summed E-state index contributed by atoms with van der Waals surface area (Å²) in [6, 6.07) is -1.36. The molecule has 60 valence electrons. The molecule has 2 atom stereocenters. The van der Waals surface area contributed by atoms with Gasteiger partial charge in [-0.15, -0.1) is 0 Å². The predicted octanol–water partition coefficient (Wildman–Crippen LogP) is 0.494. The minimum absolute atomic E-state index is 0.189. The SMILES string of the molecule is NC1C(O)CCCC1(F)F. The maximum atomic E-state index is 12.6. The van der Waals surface area contributed by atoms with Gasteiger partial charge in [-0.05, 0) is 12.8 Å². The van der Waals surface area contributed by atoms with E-state index in [0.717, 1.165) is 0 Å². The van der Waals surface area contributed by atoms with Crippen molar-refractivity contribution < 1.29 is 13.9 Å². The van der Waals surface area contributed by atoms with Crippen molar-refractivity contribution in [2.45, 2.75) is 37.3 Å². The van der Waals surface area contributed by atoms with Crippen LogP contribution in [0.2, 0.25) is 0 Å². The van der Waals surface area contributed by atoms with Crippen molar-refractivity contribution in [2.75, 3.05) is 0 Å². The van der Waals surface area contributed by atoms with Gasteiger partial charge in [0.2, 0.25) is 0 Å². The van der Waals surface area contributed by atoms with E-state index < -0.39 is 18.1 Å². The van der Waals surface area contributed by atoms with Crippen molar-refractivity contribution in [3.63, 3.8) is 0 Å². The Bertz CT molecular complexity index is 129. The number of aliphatic hydroxyl groups is 1. The fourth-order valence-corrected chi connectivity index (χ4v) is 1.17. The Morgan fingerprint density at radius 2 is 2.10 bits per heavy atom. The second-order valence-corrected chi connectivity index (χ2v) is 2.75. The van der Waals surface area contributed by atoms with E-state index in [1.807, 2.05) is 0 Å². The maximum Gasteiger partial charge on any atom is 0.265 e.